The highest BCUT2D eigenvalue weighted by atomic mass is 32.1. The van der Waals surface area contributed by atoms with Crippen molar-refractivity contribution in [2.24, 2.45) is 11.3 Å². The number of phenolic OH excluding ortho intramolecular Hbond substituents is 1. The van der Waals surface area contributed by atoms with Crippen LogP contribution in [0.2, 0.25) is 0 Å². The Morgan fingerprint density at radius 3 is 2.88 bits per heavy atom. The van der Waals surface area contributed by atoms with Crippen LogP contribution in [0.25, 0.3) is 11.3 Å². The number of esters is 1. The Balaban J connectivity index is 1.45. The van der Waals surface area contributed by atoms with Crippen molar-refractivity contribution in [1.82, 2.24) is 4.98 Å². The number of hydrogen-bond acceptors (Lipinski definition) is 6. The first-order valence-electron chi connectivity index (χ1n) is 8.71. The van der Waals surface area contributed by atoms with Crippen LogP contribution in [-0.4, -0.2) is 35.8 Å². The molecule has 2 heterocycles. The first-order chi connectivity index (χ1) is 12.0. The van der Waals surface area contributed by atoms with Gasteiger partial charge in [-0.1, -0.05) is 11.6 Å². The summed E-state index contributed by atoms with van der Waals surface area (Å²) in [5.74, 6) is 0.596. The number of nitrogens with zero attached hydrogens (tertiary/aromatic N) is 2. The van der Waals surface area contributed by atoms with Crippen molar-refractivity contribution in [2.45, 2.75) is 26.7 Å². The van der Waals surface area contributed by atoms with Crippen LogP contribution in [0.1, 0.15) is 25.3 Å². The molecule has 5 nitrogen and oxygen atoms in total. The van der Waals surface area contributed by atoms with E-state index in [4.69, 9.17) is 9.72 Å². The number of rotatable bonds is 5. The van der Waals surface area contributed by atoms with E-state index < -0.39 is 0 Å². The molecule has 2 fully saturated rings. The van der Waals surface area contributed by atoms with Crippen LogP contribution in [0.5, 0.6) is 5.75 Å². The third-order valence-corrected chi connectivity index (χ3v) is 6.23. The SMILES string of the molecule is CCOC(=O)C1(C2CN(c3nc(-c4cc(C)ccc4O)cs3)C2)CC1. The number of aryl methyl sites for hydroxylation is 1. The van der Waals surface area contributed by atoms with Gasteiger partial charge in [0.1, 0.15) is 5.75 Å². The molecule has 0 unspecified atom stereocenters. The van der Waals surface area contributed by atoms with Crippen molar-refractivity contribution in [3.05, 3.63) is 29.1 Å². The lowest BCUT2D eigenvalue weighted by molar-refractivity contribution is -0.152. The molecular weight excluding hydrogens is 336 g/mol. The predicted octanol–water partition coefficient (Wildman–Crippen LogP) is 3.60. The van der Waals surface area contributed by atoms with Gasteiger partial charge >= 0.3 is 5.97 Å². The lowest BCUT2D eigenvalue weighted by Crippen LogP contribution is -2.53. The quantitative estimate of drug-likeness (QED) is 0.828. The maximum Gasteiger partial charge on any atom is 0.312 e. The molecule has 25 heavy (non-hydrogen) atoms. The Labute approximate surface area is 151 Å². The molecule has 4 rings (SSSR count). The van der Waals surface area contributed by atoms with E-state index in [-0.39, 0.29) is 17.1 Å². The Morgan fingerprint density at radius 2 is 2.20 bits per heavy atom. The summed E-state index contributed by atoms with van der Waals surface area (Å²) >= 11 is 1.58. The molecule has 1 saturated heterocycles. The zero-order valence-electron chi connectivity index (χ0n) is 14.5. The number of aromatic nitrogens is 1. The number of phenols is 1. The van der Waals surface area contributed by atoms with Gasteiger partial charge in [0.2, 0.25) is 0 Å². The Hall–Kier alpha value is -2.08. The monoisotopic (exact) mass is 358 g/mol. The molecule has 2 aromatic rings. The van der Waals surface area contributed by atoms with Crippen LogP contribution in [0.4, 0.5) is 5.13 Å². The Bertz CT molecular complexity index is 807. The van der Waals surface area contributed by atoms with Gasteiger partial charge in [0.15, 0.2) is 5.13 Å². The highest BCUT2D eigenvalue weighted by Crippen LogP contribution is 2.56. The van der Waals surface area contributed by atoms with Crippen molar-refractivity contribution in [1.29, 1.82) is 0 Å². The van der Waals surface area contributed by atoms with Gasteiger partial charge in [0.05, 0.1) is 17.7 Å². The first-order valence-corrected chi connectivity index (χ1v) is 9.59. The average molecular weight is 358 g/mol. The summed E-state index contributed by atoms with van der Waals surface area (Å²) in [5.41, 5.74) is 2.43. The molecule has 0 atom stereocenters. The van der Waals surface area contributed by atoms with E-state index in [0.717, 1.165) is 47.9 Å². The van der Waals surface area contributed by atoms with Gasteiger partial charge in [-0.2, -0.15) is 0 Å². The molecule has 0 spiro atoms. The van der Waals surface area contributed by atoms with E-state index in [1.54, 1.807) is 17.4 Å². The van der Waals surface area contributed by atoms with Crippen LogP contribution >= 0.6 is 11.3 Å². The van der Waals surface area contributed by atoms with E-state index in [2.05, 4.69) is 4.90 Å². The van der Waals surface area contributed by atoms with Crippen LogP contribution in [0, 0.1) is 18.3 Å². The molecule has 6 heteroatoms. The minimum Gasteiger partial charge on any atom is -0.507 e. The van der Waals surface area contributed by atoms with E-state index in [0.29, 0.717) is 12.5 Å². The molecule has 1 aromatic heterocycles. The third kappa shape index (κ3) is 2.78. The maximum absolute atomic E-state index is 12.2. The van der Waals surface area contributed by atoms with E-state index in [9.17, 15) is 9.90 Å². The van der Waals surface area contributed by atoms with Crippen molar-refractivity contribution < 1.29 is 14.6 Å². The van der Waals surface area contributed by atoms with Crippen LogP contribution in [0.3, 0.4) is 0 Å². The summed E-state index contributed by atoms with van der Waals surface area (Å²) in [6.07, 6.45) is 1.90. The van der Waals surface area contributed by atoms with E-state index in [1.165, 1.54) is 0 Å². The summed E-state index contributed by atoms with van der Waals surface area (Å²) in [7, 11) is 0. The van der Waals surface area contributed by atoms with Crippen molar-refractivity contribution in [3.8, 4) is 17.0 Å². The van der Waals surface area contributed by atoms with Gasteiger partial charge in [0.25, 0.3) is 0 Å². The number of thiazole rings is 1. The van der Waals surface area contributed by atoms with Crippen LogP contribution < -0.4 is 4.90 Å². The Morgan fingerprint density at radius 1 is 1.44 bits per heavy atom. The second kappa shape index (κ2) is 6.02. The Kier molecular flexibility index (Phi) is 3.95. The summed E-state index contributed by atoms with van der Waals surface area (Å²) < 4.78 is 5.26. The van der Waals surface area contributed by atoms with Crippen LogP contribution in [0.15, 0.2) is 23.6 Å². The van der Waals surface area contributed by atoms with Gasteiger partial charge in [-0.3, -0.25) is 4.79 Å². The molecule has 0 bridgehead atoms. The molecule has 1 saturated carbocycles. The lowest BCUT2D eigenvalue weighted by atomic mass is 9.83. The fraction of sp³-hybridized carbons (Fsp3) is 0.474. The van der Waals surface area contributed by atoms with Crippen LogP contribution in [-0.2, 0) is 9.53 Å². The number of benzene rings is 1. The van der Waals surface area contributed by atoms with Gasteiger partial charge < -0.3 is 14.7 Å². The highest BCUT2D eigenvalue weighted by molar-refractivity contribution is 7.14. The fourth-order valence-electron chi connectivity index (χ4n) is 3.56. The van der Waals surface area contributed by atoms with Crippen molar-refractivity contribution in [2.75, 3.05) is 24.6 Å². The van der Waals surface area contributed by atoms with Gasteiger partial charge in [0, 0.05) is 30.0 Å². The number of hydrogen-bond donors (Lipinski definition) is 1. The van der Waals surface area contributed by atoms with Gasteiger partial charge in [-0.05, 0) is 38.8 Å². The standard InChI is InChI=1S/C19H22N2O3S/c1-3-24-17(23)19(6-7-19)13-9-21(10-13)18-20-15(11-25-18)14-8-12(2)4-5-16(14)22/h4-5,8,11,13,22H,3,6-7,9-10H2,1-2H3. The first kappa shape index (κ1) is 16.4. The zero-order chi connectivity index (χ0) is 17.6. The predicted molar refractivity (Wildman–Crippen MR) is 98.0 cm³/mol. The zero-order valence-corrected chi connectivity index (χ0v) is 15.3. The molecule has 1 N–H and O–H groups in total. The van der Waals surface area contributed by atoms with E-state index >= 15 is 0 Å². The number of anilines is 1. The largest absolute Gasteiger partial charge is 0.507 e. The summed E-state index contributed by atoms with van der Waals surface area (Å²) in [5, 5.41) is 13.0. The van der Waals surface area contributed by atoms with E-state index in [1.807, 2.05) is 31.4 Å². The smallest absolute Gasteiger partial charge is 0.312 e. The van der Waals surface area contributed by atoms with Gasteiger partial charge in [-0.15, -0.1) is 11.3 Å². The third-order valence-electron chi connectivity index (χ3n) is 5.32. The molecule has 0 amide bonds. The normalized spacial score (nSPS) is 18.7. The lowest BCUT2D eigenvalue weighted by Gasteiger charge is -2.42. The van der Waals surface area contributed by atoms with Gasteiger partial charge in [-0.25, -0.2) is 4.98 Å². The minimum absolute atomic E-state index is 0.0239. The molecule has 132 valence electrons. The molecular formula is C19H22N2O3S. The van der Waals surface area contributed by atoms with Crippen molar-refractivity contribution in [3.63, 3.8) is 0 Å². The highest BCUT2D eigenvalue weighted by Gasteiger charge is 2.60. The second-order valence-electron chi connectivity index (χ2n) is 7.01. The number of carbonyl (C=O) groups is 1. The number of ether oxygens (including phenoxy) is 1. The minimum atomic E-state index is -0.235. The molecule has 1 aromatic carbocycles. The molecule has 2 aliphatic rings. The summed E-state index contributed by atoms with van der Waals surface area (Å²) in [6, 6.07) is 5.54. The average Bonchev–Trinajstić information content (AvgIpc) is 3.20. The summed E-state index contributed by atoms with van der Waals surface area (Å²) in [4.78, 5) is 19.1. The molecule has 1 aliphatic carbocycles. The number of carbonyl (C=O) groups excluding carboxylic acids is 1. The fourth-order valence-corrected chi connectivity index (χ4v) is 4.41. The molecule has 1 aliphatic heterocycles. The second-order valence-corrected chi connectivity index (χ2v) is 7.85. The topological polar surface area (TPSA) is 62.7 Å². The van der Waals surface area contributed by atoms with Crippen molar-refractivity contribution >= 4 is 22.4 Å². The number of aromatic hydroxyl groups is 1. The maximum atomic E-state index is 12.2. The summed E-state index contributed by atoms with van der Waals surface area (Å²) in [6.45, 7) is 6.02. The molecule has 0 radical (unpaired) electrons.